The average Bonchev–Trinajstić information content (AvgIpc) is 2.35. The van der Waals surface area contributed by atoms with Gasteiger partial charge in [-0.3, -0.25) is 0 Å². The van der Waals surface area contributed by atoms with Crippen molar-refractivity contribution >= 4 is 0 Å². The lowest BCUT2D eigenvalue weighted by Gasteiger charge is -2.19. The Morgan fingerprint density at radius 3 is 2.81 bits per heavy atom. The maximum atomic E-state index is 5.55. The molecule has 2 N–H and O–H groups in total. The van der Waals surface area contributed by atoms with Gasteiger partial charge >= 0.3 is 0 Å². The molecule has 0 saturated carbocycles. The Morgan fingerprint density at radius 1 is 1.31 bits per heavy atom. The smallest absolute Gasteiger partial charge is 0.161 e. The van der Waals surface area contributed by atoms with Gasteiger partial charge in [0.1, 0.15) is 13.2 Å². The second kappa shape index (κ2) is 5.18. The molecule has 1 aliphatic rings. The molecule has 4 heteroatoms. The van der Waals surface area contributed by atoms with Gasteiger partial charge in [0.25, 0.3) is 0 Å². The van der Waals surface area contributed by atoms with Crippen LogP contribution in [0.4, 0.5) is 0 Å². The molecule has 1 unspecified atom stereocenters. The molecule has 1 atom stereocenters. The Bertz CT molecular complexity index is 354. The number of rotatable bonds is 4. The molecule has 1 aromatic carbocycles. The van der Waals surface area contributed by atoms with Gasteiger partial charge in [0.15, 0.2) is 11.5 Å². The zero-order chi connectivity index (χ0) is 11.4. The number of fused-ring (bicyclic) bond motifs is 1. The predicted octanol–water partition coefficient (Wildman–Crippen LogP) is 1.32. The van der Waals surface area contributed by atoms with E-state index in [2.05, 4.69) is 0 Å². The minimum absolute atomic E-state index is 0.0770. The molecule has 0 aliphatic carbocycles. The summed E-state index contributed by atoms with van der Waals surface area (Å²) >= 11 is 0. The van der Waals surface area contributed by atoms with Crippen LogP contribution in [0, 0.1) is 0 Å². The van der Waals surface area contributed by atoms with Crippen molar-refractivity contribution in [2.45, 2.75) is 19.6 Å². The van der Waals surface area contributed by atoms with Crippen LogP contribution in [-0.2, 0) is 11.3 Å². The van der Waals surface area contributed by atoms with Crippen LogP contribution in [0.25, 0.3) is 0 Å². The third-order valence-electron chi connectivity index (χ3n) is 2.47. The van der Waals surface area contributed by atoms with E-state index in [0.717, 1.165) is 17.1 Å². The lowest BCUT2D eigenvalue weighted by Crippen LogP contribution is -2.20. The zero-order valence-electron chi connectivity index (χ0n) is 9.44. The molecule has 2 rings (SSSR count). The number of nitrogens with two attached hydrogens (primary N) is 1. The van der Waals surface area contributed by atoms with E-state index in [1.165, 1.54) is 0 Å². The van der Waals surface area contributed by atoms with E-state index in [-0.39, 0.29) is 6.10 Å². The van der Waals surface area contributed by atoms with Crippen molar-refractivity contribution in [1.82, 2.24) is 0 Å². The van der Waals surface area contributed by atoms with Crippen molar-refractivity contribution in [3.63, 3.8) is 0 Å². The van der Waals surface area contributed by atoms with Crippen molar-refractivity contribution in [2.75, 3.05) is 19.8 Å². The summed E-state index contributed by atoms with van der Waals surface area (Å²) in [6.45, 7) is 4.27. The van der Waals surface area contributed by atoms with Crippen LogP contribution in [0.15, 0.2) is 18.2 Å². The summed E-state index contributed by atoms with van der Waals surface area (Å²) in [6.07, 6.45) is 0.0770. The highest BCUT2D eigenvalue weighted by atomic mass is 16.6. The van der Waals surface area contributed by atoms with Gasteiger partial charge in [-0.25, -0.2) is 0 Å². The van der Waals surface area contributed by atoms with E-state index < -0.39 is 0 Å². The van der Waals surface area contributed by atoms with E-state index in [4.69, 9.17) is 19.9 Å². The Balaban J connectivity index is 2.00. The molecule has 0 radical (unpaired) electrons. The molecule has 88 valence electrons. The van der Waals surface area contributed by atoms with Crippen LogP contribution in [0.3, 0.4) is 0 Å². The minimum Gasteiger partial charge on any atom is -0.486 e. The van der Waals surface area contributed by atoms with E-state index in [1.54, 1.807) is 0 Å². The predicted molar refractivity (Wildman–Crippen MR) is 60.7 cm³/mol. The molecule has 0 bridgehead atoms. The Hall–Kier alpha value is -1.26. The molecule has 16 heavy (non-hydrogen) atoms. The quantitative estimate of drug-likeness (QED) is 0.836. The lowest BCUT2D eigenvalue weighted by atomic mass is 10.2. The first-order valence-electron chi connectivity index (χ1n) is 5.50. The Kier molecular flexibility index (Phi) is 3.64. The van der Waals surface area contributed by atoms with Crippen molar-refractivity contribution < 1.29 is 14.2 Å². The monoisotopic (exact) mass is 223 g/mol. The average molecular weight is 223 g/mol. The fourth-order valence-corrected chi connectivity index (χ4v) is 1.48. The second-order valence-corrected chi connectivity index (χ2v) is 3.84. The van der Waals surface area contributed by atoms with Crippen LogP contribution in [0.5, 0.6) is 11.5 Å². The van der Waals surface area contributed by atoms with Crippen molar-refractivity contribution in [2.24, 2.45) is 5.73 Å². The molecule has 1 heterocycles. The molecule has 0 spiro atoms. The van der Waals surface area contributed by atoms with Gasteiger partial charge in [-0.2, -0.15) is 0 Å². The lowest BCUT2D eigenvalue weighted by molar-refractivity contribution is 0.0586. The third kappa shape index (κ3) is 2.65. The highest BCUT2D eigenvalue weighted by Gasteiger charge is 2.11. The Labute approximate surface area is 95.3 Å². The molecule has 4 nitrogen and oxygen atoms in total. The van der Waals surface area contributed by atoms with Crippen LogP contribution in [0.1, 0.15) is 12.5 Å². The van der Waals surface area contributed by atoms with Crippen molar-refractivity contribution in [3.8, 4) is 11.5 Å². The highest BCUT2D eigenvalue weighted by Crippen LogP contribution is 2.30. The third-order valence-corrected chi connectivity index (χ3v) is 2.47. The largest absolute Gasteiger partial charge is 0.486 e. The fraction of sp³-hybridized carbons (Fsp3) is 0.500. The molecule has 1 aliphatic heterocycles. The molecular weight excluding hydrogens is 206 g/mol. The SMILES string of the molecule is CC(CN)OCc1ccc2c(c1)OCCO2. The summed E-state index contributed by atoms with van der Waals surface area (Å²) in [6, 6.07) is 5.86. The minimum atomic E-state index is 0.0770. The van der Waals surface area contributed by atoms with Crippen molar-refractivity contribution in [1.29, 1.82) is 0 Å². The molecule has 0 fully saturated rings. The first-order valence-corrected chi connectivity index (χ1v) is 5.50. The van der Waals surface area contributed by atoms with Crippen LogP contribution < -0.4 is 15.2 Å². The van der Waals surface area contributed by atoms with Crippen LogP contribution in [-0.4, -0.2) is 25.9 Å². The van der Waals surface area contributed by atoms with Gasteiger partial charge < -0.3 is 19.9 Å². The molecular formula is C12H17NO3. The maximum absolute atomic E-state index is 5.55. The molecule has 0 saturated heterocycles. The summed E-state index contributed by atoms with van der Waals surface area (Å²) in [4.78, 5) is 0. The standard InChI is InChI=1S/C12H17NO3/c1-9(7-13)16-8-10-2-3-11-12(6-10)15-5-4-14-11/h2-3,6,9H,4-5,7-8,13H2,1H3. The van der Waals surface area contributed by atoms with Gasteiger partial charge in [-0.05, 0) is 24.6 Å². The second-order valence-electron chi connectivity index (χ2n) is 3.84. The molecule has 0 aromatic heterocycles. The number of hydrogen-bond donors (Lipinski definition) is 1. The normalized spacial score (nSPS) is 15.9. The van der Waals surface area contributed by atoms with Gasteiger partial charge in [-0.15, -0.1) is 0 Å². The first-order chi connectivity index (χ1) is 7.79. The van der Waals surface area contributed by atoms with Gasteiger partial charge in [-0.1, -0.05) is 6.07 Å². The molecule has 1 aromatic rings. The zero-order valence-corrected chi connectivity index (χ0v) is 9.44. The molecule has 0 amide bonds. The van der Waals surface area contributed by atoms with Gasteiger partial charge in [0.05, 0.1) is 12.7 Å². The van der Waals surface area contributed by atoms with E-state index in [0.29, 0.717) is 26.4 Å². The van der Waals surface area contributed by atoms with E-state index >= 15 is 0 Å². The summed E-state index contributed by atoms with van der Waals surface area (Å²) in [5.41, 5.74) is 6.55. The topological polar surface area (TPSA) is 53.7 Å². The number of hydrogen-bond acceptors (Lipinski definition) is 4. The number of ether oxygens (including phenoxy) is 3. The summed E-state index contributed by atoms with van der Waals surface area (Å²) in [5, 5.41) is 0. The summed E-state index contributed by atoms with van der Waals surface area (Å²) in [7, 11) is 0. The van der Waals surface area contributed by atoms with E-state index in [9.17, 15) is 0 Å². The maximum Gasteiger partial charge on any atom is 0.161 e. The Morgan fingerprint density at radius 2 is 2.06 bits per heavy atom. The van der Waals surface area contributed by atoms with Gasteiger partial charge in [0.2, 0.25) is 0 Å². The van der Waals surface area contributed by atoms with Crippen molar-refractivity contribution in [3.05, 3.63) is 23.8 Å². The summed E-state index contributed by atoms with van der Waals surface area (Å²) < 4.78 is 16.5. The first kappa shape index (κ1) is 11.2. The fourth-order valence-electron chi connectivity index (χ4n) is 1.48. The highest BCUT2D eigenvalue weighted by molar-refractivity contribution is 5.43. The van der Waals surface area contributed by atoms with Crippen LogP contribution >= 0.6 is 0 Å². The van der Waals surface area contributed by atoms with Crippen LogP contribution in [0.2, 0.25) is 0 Å². The van der Waals surface area contributed by atoms with Gasteiger partial charge in [0, 0.05) is 6.54 Å². The number of benzene rings is 1. The summed E-state index contributed by atoms with van der Waals surface area (Å²) in [5.74, 6) is 1.61. The van der Waals surface area contributed by atoms with E-state index in [1.807, 2.05) is 25.1 Å².